The molecule has 0 bridgehead atoms. The molecule has 250 valence electrons. The van der Waals surface area contributed by atoms with Crippen LogP contribution in [0.25, 0.3) is 0 Å². The molecule has 4 rings (SSSR count). The molecule has 1 aliphatic carbocycles. The molecule has 18 atom stereocenters. The van der Waals surface area contributed by atoms with Crippen molar-refractivity contribution < 1.29 is 64.2 Å². The number of likely N-dealkylation sites (N-methyl/N-ethyl adjacent to an activating group) is 1. The number of carbonyl (C=O) groups excluding carboxylic acids is 1. The Bertz CT molecular complexity index is 925. The molecule has 0 aromatic carbocycles. The zero-order valence-electron chi connectivity index (χ0n) is 23.6. The molecular weight excluding hydrogens is 580 g/mol. The summed E-state index contributed by atoms with van der Waals surface area (Å²) in [6.07, 6.45) is -15.2. The Labute approximate surface area is 247 Å². The number of nitrogens with one attached hydrogen (secondary N) is 2. The summed E-state index contributed by atoms with van der Waals surface area (Å²) in [5.41, 5.74) is 23.7. The predicted molar refractivity (Wildman–Crippen MR) is 142 cm³/mol. The van der Waals surface area contributed by atoms with Crippen molar-refractivity contribution in [1.29, 1.82) is 0 Å². The lowest BCUT2D eigenvalue weighted by molar-refractivity contribution is -0.373. The molecule has 43 heavy (non-hydrogen) atoms. The average Bonchev–Trinajstić information content (AvgIpc) is 2.97. The van der Waals surface area contributed by atoms with Crippen LogP contribution in [0.3, 0.4) is 0 Å². The summed E-state index contributed by atoms with van der Waals surface area (Å²) in [4.78, 5) is 12.1. The van der Waals surface area contributed by atoms with Crippen molar-refractivity contribution in [3.63, 3.8) is 0 Å². The van der Waals surface area contributed by atoms with Gasteiger partial charge in [-0.3, -0.25) is 4.79 Å². The van der Waals surface area contributed by atoms with E-state index in [0.29, 0.717) is 0 Å². The second-order valence-corrected chi connectivity index (χ2v) is 11.5. The van der Waals surface area contributed by atoms with Crippen molar-refractivity contribution in [3.8, 4) is 0 Å². The molecule has 19 nitrogen and oxygen atoms in total. The molecule has 3 heterocycles. The monoisotopic (exact) mass is 626 g/mol. The number of hydrogen-bond acceptors (Lipinski definition) is 18. The van der Waals surface area contributed by atoms with Gasteiger partial charge in [0.15, 0.2) is 18.9 Å². The highest BCUT2D eigenvalue weighted by Gasteiger charge is 2.54. The minimum atomic E-state index is -1.74. The maximum absolute atomic E-state index is 12.1. The Hall–Kier alpha value is -1.21. The number of fused-ring (bicyclic) bond motifs is 1. The van der Waals surface area contributed by atoms with E-state index >= 15 is 0 Å². The Morgan fingerprint density at radius 1 is 0.814 bits per heavy atom. The van der Waals surface area contributed by atoms with Gasteiger partial charge in [0.25, 0.3) is 0 Å². The number of rotatable bonds is 9. The van der Waals surface area contributed by atoms with Gasteiger partial charge in [-0.15, -0.1) is 0 Å². The maximum atomic E-state index is 12.1. The summed E-state index contributed by atoms with van der Waals surface area (Å²) in [6.45, 7) is -1.36. The smallest absolute Gasteiger partial charge is 0.239 e. The van der Waals surface area contributed by atoms with Crippen LogP contribution in [0.15, 0.2) is 0 Å². The lowest BCUT2D eigenvalue weighted by Crippen LogP contribution is -2.70. The first-order chi connectivity index (χ1) is 20.3. The fraction of sp³-hybridized carbons (Fsp3) is 0.958. The van der Waals surface area contributed by atoms with E-state index in [2.05, 4.69) is 10.6 Å². The van der Waals surface area contributed by atoms with E-state index in [4.69, 9.17) is 51.7 Å². The molecular formula is C24H46N6O13. The van der Waals surface area contributed by atoms with Crippen molar-refractivity contribution >= 4 is 5.91 Å². The van der Waals surface area contributed by atoms with E-state index < -0.39 is 129 Å². The van der Waals surface area contributed by atoms with Crippen molar-refractivity contribution in [2.24, 2.45) is 22.9 Å². The van der Waals surface area contributed by atoms with Crippen LogP contribution >= 0.6 is 0 Å². The minimum absolute atomic E-state index is 0.0952. The van der Waals surface area contributed by atoms with Crippen molar-refractivity contribution in [2.75, 3.05) is 20.3 Å². The number of ether oxygens (including phenoxy) is 5. The van der Waals surface area contributed by atoms with Crippen molar-refractivity contribution in [1.82, 2.24) is 10.6 Å². The van der Waals surface area contributed by atoms with E-state index in [1.807, 2.05) is 0 Å². The molecule has 17 N–H and O–H groups in total. The van der Waals surface area contributed by atoms with E-state index in [1.54, 1.807) is 0 Å². The Kier molecular flexibility index (Phi) is 11.7. The predicted octanol–water partition coefficient (Wildman–Crippen LogP) is -8.47. The van der Waals surface area contributed by atoms with Crippen molar-refractivity contribution in [2.45, 2.75) is 123 Å². The summed E-state index contributed by atoms with van der Waals surface area (Å²) in [7, 11) is 1.51. The zero-order chi connectivity index (χ0) is 31.7. The molecule has 0 aromatic heterocycles. The number of aliphatic hydroxyl groups excluding tert-OH is 7. The van der Waals surface area contributed by atoms with Gasteiger partial charge in [0.1, 0.15) is 48.8 Å². The van der Waals surface area contributed by atoms with Gasteiger partial charge in [0, 0.05) is 12.1 Å². The van der Waals surface area contributed by atoms with Crippen LogP contribution in [-0.4, -0.2) is 172 Å². The van der Waals surface area contributed by atoms with E-state index in [0.717, 1.165) is 0 Å². The van der Waals surface area contributed by atoms with Gasteiger partial charge in [-0.05, 0) is 19.9 Å². The largest absolute Gasteiger partial charge is 0.394 e. The summed E-state index contributed by atoms with van der Waals surface area (Å²) < 4.78 is 29.4. The molecule has 0 radical (unpaired) electrons. The summed E-state index contributed by atoms with van der Waals surface area (Å²) in [5, 5.41) is 77.6. The summed E-state index contributed by atoms with van der Waals surface area (Å²) >= 11 is 0. The molecule has 4 aliphatic rings. The minimum Gasteiger partial charge on any atom is -0.394 e. The molecule has 0 aromatic rings. The quantitative estimate of drug-likeness (QED) is 0.113. The van der Waals surface area contributed by atoms with Gasteiger partial charge in [0.2, 0.25) is 5.91 Å². The highest BCUT2D eigenvalue weighted by atomic mass is 16.8. The third-order valence-corrected chi connectivity index (χ3v) is 8.53. The molecule has 19 heteroatoms. The third kappa shape index (κ3) is 7.13. The number of aliphatic hydroxyl groups is 7. The lowest BCUT2D eigenvalue weighted by atomic mass is 9.84. The number of amides is 1. The Morgan fingerprint density at radius 2 is 1.51 bits per heavy atom. The van der Waals surface area contributed by atoms with Gasteiger partial charge in [0.05, 0.1) is 43.5 Å². The van der Waals surface area contributed by atoms with Crippen LogP contribution in [0.4, 0.5) is 0 Å². The first-order valence-corrected chi connectivity index (χ1v) is 14.2. The zero-order valence-corrected chi connectivity index (χ0v) is 23.6. The summed E-state index contributed by atoms with van der Waals surface area (Å²) in [6, 6.07) is -5.83. The van der Waals surface area contributed by atoms with E-state index in [9.17, 15) is 35.4 Å². The molecule has 1 saturated carbocycles. The SMILES string of the molecule is CNC1C(O[C@H]2OC(CO)[C@@H](NC(=O)[C@@H](N)CO)C(O)C2O)O[C@H]2C[C@H](N)[C@@H](O[C@@H]3C(N)C[C@@H](N)[C@@H](O)C3O)OC2C1O. The second-order valence-electron chi connectivity index (χ2n) is 11.5. The van der Waals surface area contributed by atoms with Crippen LogP contribution in [0.2, 0.25) is 0 Å². The van der Waals surface area contributed by atoms with Gasteiger partial charge < -0.3 is 93.0 Å². The van der Waals surface area contributed by atoms with Crippen LogP contribution in [-0.2, 0) is 28.5 Å². The Morgan fingerprint density at radius 3 is 2.14 bits per heavy atom. The van der Waals surface area contributed by atoms with Gasteiger partial charge >= 0.3 is 0 Å². The topological polar surface area (TPSA) is 333 Å². The molecule has 9 unspecified atom stereocenters. The lowest BCUT2D eigenvalue weighted by Gasteiger charge is -2.51. The first-order valence-electron chi connectivity index (χ1n) is 14.2. The van der Waals surface area contributed by atoms with Crippen LogP contribution in [0.5, 0.6) is 0 Å². The fourth-order valence-electron chi connectivity index (χ4n) is 5.96. The highest BCUT2D eigenvalue weighted by Crippen LogP contribution is 2.35. The highest BCUT2D eigenvalue weighted by molar-refractivity contribution is 5.82. The van der Waals surface area contributed by atoms with Gasteiger partial charge in [-0.1, -0.05) is 0 Å². The molecule has 3 aliphatic heterocycles. The molecule has 0 spiro atoms. The van der Waals surface area contributed by atoms with Crippen molar-refractivity contribution in [3.05, 3.63) is 0 Å². The third-order valence-electron chi connectivity index (χ3n) is 8.53. The standard InChI is InChI=1S/C24H46N6O13/c1-29-13-16(35)20-10(3-8(27)22(42-20)41-19-7(26)2-6(25)14(33)17(19)36)39-23(13)43-24-18(37)15(34)12(11(5-32)40-24)30-21(38)9(28)4-31/h6-20,22-24,29,31-37H,2-5,25-28H2,1H3,(H,30,38)/t6-,7?,8+,9+,10+,11?,12-,13?,14-,15?,16?,17?,18?,19-,20?,22+,23?,24-/m1/s1. The molecule has 4 fully saturated rings. The molecule has 1 amide bonds. The van der Waals surface area contributed by atoms with E-state index in [1.165, 1.54) is 7.05 Å². The van der Waals surface area contributed by atoms with E-state index in [-0.39, 0.29) is 12.8 Å². The van der Waals surface area contributed by atoms with Crippen LogP contribution in [0.1, 0.15) is 12.8 Å². The van der Waals surface area contributed by atoms with Gasteiger partial charge in [-0.25, -0.2) is 0 Å². The number of hydrogen-bond donors (Lipinski definition) is 13. The normalized spacial score (nSPS) is 49.6. The molecule has 3 saturated heterocycles. The Balaban J connectivity index is 1.42. The number of nitrogens with two attached hydrogens (primary N) is 4. The maximum Gasteiger partial charge on any atom is 0.239 e. The second kappa shape index (κ2) is 14.5. The fourth-order valence-corrected chi connectivity index (χ4v) is 5.96. The first kappa shape index (κ1) is 34.7. The number of carbonyl (C=O) groups is 1. The van der Waals surface area contributed by atoms with Gasteiger partial charge in [-0.2, -0.15) is 0 Å². The van der Waals surface area contributed by atoms with Crippen LogP contribution in [0, 0.1) is 0 Å². The summed E-state index contributed by atoms with van der Waals surface area (Å²) in [5.74, 6) is -0.837. The average molecular weight is 627 g/mol. The van der Waals surface area contributed by atoms with Crippen LogP contribution < -0.4 is 33.6 Å².